The van der Waals surface area contributed by atoms with Crippen LogP contribution in [0.1, 0.15) is 52.4 Å². The van der Waals surface area contributed by atoms with Crippen LogP contribution in [0.15, 0.2) is 0 Å². The highest BCUT2D eigenvalue weighted by Crippen LogP contribution is 2.35. The molecule has 1 spiro atoms. The summed E-state index contributed by atoms with van der Waals surface area (Å²) >= 11 is 1.98. The third-order valence-corrected chi connectivity index (χ3v) is 5.83. The molecule has 0 aromatic rings. The number of rotatable bonds is 4. The molecular weight excluding hydrogens is 240 g/mol. The maximum Gasteiger partial charge on any atom is 0.0309 e. The molecule has 1 aliphatic heterocycles. The molecule has 1 N–H and O–H groups in total. The smallest absolute Gasteiger partial charge is 0.0309 e. The zero-order valence-corrected chi connectivity index (χ0v) is 13.2. The van der Waals surface area contributed by atoms with Gasteiger partial charge in [0.15, 0.2) is 0 Å². The average Bonchev–Trinajstić information content (AvgIpc) is 2.41. The molecule has 1 unspecified atom stereocenters. The predicted molar refractivity (Wildman–Crippen MR) is 82.5 cm³/mol. The maximum atomic E-state index is 3.93. The van der Waals surface area contributed by atoms with Crippen LogP contribution in [-0.4, -0.2) is 47.6 Å². The quantitative estimate of drug-likeness (QED) is 0.845. The molecule has 2 fully saturated rings. The second-order valence-electron chi connectivity index (χ2n) is 6.46. The third kappa shape index (κ3) is 3.05. The van der Waals surface area contributed by atoms with Crippen LogP contribution in [0.5, 0.6) is 0 Å². The van der Waals surface area contributed by atoms with Crippen LogP contribution < -0.4 is 5.32 Å². The van der Waals surface area contributed by atoms with E-state index in [9.17, 15) is 0 Å². The fourth-order valence-corrected chi connectivity index (χ4v) is 3.97. The van der Waals surface area contributed by atoms with E-state index < -0.39 is 0 Å². The first-order valence-electron chi connectivity index (χ1n) is 7.63. The van der Waals surface area contributed by atoms with E-state index >= 15 is 0 Å². The van der Waals surface area contributed by atoms with Gasteiger partial charge in [0.2, 0.25) is 0 Å². The topological polar surface area (TPSA) is 15.3 Å². The lowest BCUT2D eigenvalue weighted by Crippen LogP contribution is -2.69. The molecule has 2 nitrogen and oxygen atoms in total. The van der Waals surface area contributed by atoms with Gasteiger partial charge in [-0.1, -0.05) is 26.2 Å². The number of hydrogen-bond donors (Lipinski definition) is 1. The lowest BCUT2D eigenvalue weighted by atomic mass is 9.77. The van der Waals surface area contributed by atoms with Gasteiger partial charge in [-0.2, -0.15) is 11.8 Å². The molecule has 18 heavy (non-hydrogen) atoms. The molecule has 0 bridgehead atoms. The van der Waals surface area contributed by atoms with E-state index in [0.29, 0.717) is 11.1 Å². The molecule has 1 aliphatic carbocycles. The number of hydrogen-bond acceptors (Lipinski definition) is 3. The first-order valence-corrected chi connectivity index (χ1v) is 9.03. The summed E-state index contributed by atoms with van der Waals surface area (Å²) in [5.74, 6) is 1.27. The SMILES string of the molecule is CCC1(C)CNC2(CCCCC2)CN1CCSC. The van der Waals surface area contributed by atoms with Crippen molar-refractivity contribution in [3.63, 3.8) is 0 Å². The molecule has 0 radical (unpaired) electrons. The first-order chi connectivity index (χ1) is 8.64. The largest absolute Gasteiger partial charge is 0.308 e. The minimum Gasteiger partial charge on any atom is -0.308 e. The second-order valence-corrected chi connectivity index (χ2v) is 7.44. The second kappa shape index (κ2) is 6.15. The molecule has 106 valence electrons. The highest BCUT2D eigenvalue weighted by molar-refractivity contribution is 7.98. The van der Waals surface area contributed by atoms with Crippen LogP contribution in [-0.2, 0) is 0 Å². The summed E-state index contributed by atoms with van der Waals surface area (Å²) in [5.41, 5.74) is 0.823. The van der Waals surface area contributed by atoms with Crippen molar-refractivity contribution in [1.29, 1.82) is 0 Å². The highest BCUT2D eigenvalue weighted by Gasteiger charge is 2.44. The Morgan fingerprint density at radius 2 is 1.94 bits per heavy atom. The van der Waals surface area contributed by atoms with Gasteiger partial charge >= 0.3 is 0 Å². The van der Waals surface area contributed by atoms with Gasteiger partial charge in [-0.3, -0.25) is 4.90 Å². The summed E-state index contributed by atoms with van der Waals surface area (Å²) in [6.07, 6.45) is 10.6. The van der Waals surface area contributed by atoms with Gasteiger partial charge in [0.1, 0.15) is 0 Å². The van der Waals surface area contributed by atoms with Crippen LogP contribution in [0.3, 0.4) is 0 Å². The van der Waals surface area contributed by atoms with E-state index in [0.717, 1.165) is 0 Å². The van der Waals surface area contributed by atoms with Crippen molar-refractivity contribution in [2.24, 2.45) is 0 Å². The molecule has 2 aliphatic rings. The van der Waals surface area contributed by atoms with Crippen LogP contribution in [0.4, 0.5) is 0 Å². The Bertz CT molecular complexity index is 263. The molecule has 0 amide bonds. The molecule has 1 saturated heterocycles. The van der Waals surface area contributed by atoms with Crippen LogP contribution in [0.2, 0.25) is 0 Å². The Balaban J connectivity index is 2.04. The monoisotopic (exact) mass is 270 g/mol. The van der Waals surface area contributed by atoms with Crippen molar-refractivity contribution in [2.75, 3.05) is 31.6 Å². The molecule has 1 heterocycles. The van der Waals surface area contributed by atoms with E-state index in [-0.39, 0.29) is 0 Å². The van der Waals surface area contributed by atoms with E-state index in [4.69, 9.17) is 0 Å². The molecule has 2 rings (SSSR count). The van der Waals surface area contributed by atoms with E-state index in [1.165, 1.54) is 63.9 Å². The highest BCUT2D eigenvalue weighted by atomic mass is 32.2. The Morgan fingerprint density at radius 1 is 1.22 bits per heavy atom. The fraction of sp³-hybridized carbons (Fsp3) is 1.00. The van der Waals surface area contributed by atoms with E-state index in [1.807, 2.05) is 11.8 Å². The Kier molecular flexibility index (Phi) is 5.01. The maximum absolute atomic E-state index is 3.93. The summed E-state index contributed by atoms with van der Waals surface area (Å²) < 4.78 is 0. The fourth-order valence-electron chi connectivity index (χ4n) is 3.56. The van der Waals surface area contributed by atoms with Gasteiger partial charge < -0.3 is 5.32 Å². The molecule has 1 atom stereocenters. The van der Waals surface area contributed by atoms with Crippen molar-refractivity contribution < 1.29 is 0 Å². The number of nitrogens with one attached hydrogen (secondary N) is 1. The van der Waals surface area contributed by atoms with Gasteiger partial charge in [-0.05, 0) is 32.4 Å². The summed E-state index contributed by atoms with van der Waals surface area (Å²) in [5, 5.41) is 3.93. The standard InChI is InChI=1S/C15H30N2S/c1-4-14(2)12-16-15(8-6-5-7-9-15)13-17(14)10-11-18-3/h16H,4-13H2,1-3H3. The van der Waals surface area contributed by atoms with Crippen molar-refractivity contribution in [2.45, 2.75) is 63.5 Å². The first kappa shape index (κ1) is 14.7. The number of thioether (sulfide) groups is 1. The van der Waals surface area contributed by atoms with Crippen molar-refractivity contribution in [3.05, 3.63) is 0 Å². The van der Waals surface area contributed by atoms with Gasteiger partial charge in [0, 0.05) is 36.5 Å². The Labute approximate surface area is 117 Å². The lowest BCUT2D eigenvalue weighted by Gasteiger charge is -2.54. The number of nitrogens with zero attached hydrogens (tertiary/aromatic N) is 1. The average molecular weight is 270 g/mol. The van der Waals surface area contributed by atoms with Crippen LogP contribution in [0, 0.1) is 0 Å². The lowest BCUT2D eigenvalue weighted by molar-refractivity contribution is 0.00324. The third-order valence-electron chi connectivity index (χ3n) is 5.24. The minimum atomic E-state index is 0.373. The number of piperazine rings is 1. The van der Waals surface area contributed by atoms with Gasteiger partial charge in [0.25, 0.3) is 0 Å². The zero-order chi connectivity index (χ0) is 13.1. The van der Waals surface area contributed by atoms with E-state index in [2.05, 4.69) is 30.3 Å². The molecule has 3 heteroatoms. The van der Waals surface area contributed by atoms with E-state index in [1.54, 1.807) is 0 Å². The Hall–Kier alpha value is 0.270. The van der Waals surface area contributed by atoms with Crippen molar-refractivity contribution in [1.82, 2.24) is 10.2 Å². The summed E-state index contributed by atoms with van der Waals surface area (Å²) in [7, 11) is 0. The summed E-state index contributed by atoms with van der Waals surface area (Å²) in [6, 6.07) is 0. The summed E-state index contributed by atoms with van der Waals surface area (Å²) in [4.78, 5) is 2.78. The summed E-state index contributed by atoms with van der Waals surface area (Å²) in [6.45, 7) is 8.49. The van der Waals surface area contributed by atoms with Gasteiger partial charge in [0.05, 0.1) is 0 Å². The predicted octanol–water partition coefficient (Wildman–Crippen LogP) is 3.13. The molecule has 0 aromatic heterocycles. The zero-order valence-electron chi connectivity index (χ0n) is 12.4. The Morgan fingerprint density at radius 3 is 2.56 bits per heavy atom. The van der Waals surface area contributed by atoms with Gasteiger partial charge in [-0.25, -0.2) is 0 Å². The van der Waals surface area contributed by atoms with Crippen molar-refractivity contribution in [3.8, 4) is 0 Å². The molecular formula is C15H30N2S. The molecule has 0 aromatic carbocycles. The van der Waals surface area contributed by atoms with Crippen molar-refractivity contribution >= 4 is 11.8 Å². The van der Waals surface area contributed by atoms with Crippen LogP contribution in [0.25, 0.3) is 0 Å². The minimum absolute atomic E-state index is 0.373. The van der Waals surface area contributed by atoms with Gasteiger partial charge in [-0.15, -0.1) is 0 Å². The molecule has 1 saturated carbocycles. The van der Waals surface area contributed by atoms with Crippen LogP contribution >= 0.6 is 11.8 Å². The normalized spacial score (nSPS) is 32.8.